The van der Waals surface area contributed by atoms with E-state index in [4.69, 9.17) is 23.2 Å². The van der Waals surface area contributed by atoms with Gasteiger partial charge in [-0.05, 0) is 17.7 Å². The molecule has 0 radical (unpaired) electrons. The summed E-state index contributed by atoms with van der Waals surface area (Å²) < 4.78 is 0. The van der Waals surface area contributed by atoms with Crippen molar-refractivity contribution in [1.29, 1.82) is 0 Å². The molecule has 0 saturated carbocycles. The molecule has 1 aromatic rings. The number of rotatable bonds is 2. The summed E-state index contributed by atoms with van der Waals surface area (Å²) in [7, 11) is 0. The Labute approximate surface area is 112 Å². The molecule has 0 spiro atoms. The molecule has 1 saturated heterocycles. The average molecular weight is 272 g/mol. The molecule has 0 N–H and O–H groups in total. The largest absolute Gasteiger partial charge is 0.299 e. The maximum absolute atomic E-state index is 11.4. The zero-order valence-electron chi connectivity index (χ0n) is 9.75. The molecular weight excluding hydrogens is 257 g/mol. The summed E-state index contributed by atoms with van der Waals surface area (Å²) in [5.41, 5.74) is 1.14. The van der Waals surface area contributed by atoms with E-state index in [9.17, 15) is 4.79 Å². The average Bonchev–Trinajstić information content (AvgIpc) is 2.29. The lowest BCUT2D eigenvalue weighted by Gasteiger charge is -2.29. The first-order valence-electron chi connectivity index (χ1n) is 5.75. The fraction of sp³-hybridized carbons (Fsp3) is 0.462. The number of likely N-dealkylation sites (tertiary alicyclic amines) is 1. The Hall–Kier alpha value is -0.570. The number of hydrogen-bond acceptors (Lipinski definition) is 2. The lowest BCUT2D eigenvalue weighted by atomic mass is 9.98. The van der Waals surface area contributed by atoms with Crippen LogP contribution < -0.4 is 0 Å². The summed E-state index contributed by atoms with van der Waals surface area (Å²) in [5, 5.41) is 1.17. The maximum atomic E-state index is 11.4. The first-order valence-corrected chi connectivity index (χ1v) is 6.51. The standard InChI is InChI=1S/C13H15Cl2NO/c1-9-7-16(5-4-13(9)17)8-10-2-3-11(14)12(15)6-10/h2-3,6,9H,4-5,7-8H2,1H3. The van der Waals surface area contributed by atoms with Crippen molar-refractivity contribution in [2.75, 3.05) is 13.1 Å². The summed E-state index contributed by atoms with van der Waals surface area (Å²) in [6, 6.07) is 5.69. The highest BCUT2D eigenvalue weighted by molar-refractivity contribution is 6.42. The van der Waals surface area contributed by atoms with Gasteiger partial charge in [0.25, 0.3) is 0 Å². The van der Waals surface area contributed by atoms with Crippen LogP contribution in [0.3, 0.4) is 0 Å². The summed E-state index contributed by atoms with van der Waals surface area (Å²) in [4.78, 5) is 13.7. The molecule has 0 aromatic heterocycles. The van der Waals surface area contributed by atoms with Gasteiger partial charge in [0, 0.05) is 32.0 Å². The Morgan fingerprint density at radius 1 is 1.35 bits per heavy atom. The van der Waals surface area contributed by atoms with Crippen LogP contribution in [-0.2, 0) is 11.3 Å². The second-order valence-corrected chi connectivity index (χ2v) is 5.42. The Kier molecular flexibility index (Phi) is 4.08. The molecule has 0 aliphatic carbocycles. The SMILES string of the molecule is CC1CN(Cc2ccc(Cl)c(Cl)c2)CCC1=O. The summed E-state index contributed by atoms with van der Waals surface area (Å²) in [5.74, 6) is 0.516. The summed E-state index contributed by atoms with van der Waals surface area (Å²) in [6.45, 7) is 4.49. The van der Waals surface area contributed by atoms with E-state index in [1.165, 1.54) is 0 Å². The molecule has 1 unspecified atom stereocenters. The van der Waals surface area contributed by atoms with Crippen molar-refractivity contribution in [3.05, 3.63) is 33.8 Å². The smallest absolute Gasteiger partial charge is 0.138 e. The molecule has 4 heteroatoms. The first-order chi connectivity index (χ1) is 8.06. The number of halogens is 2. The fourth-order valence-electron chi connectivity index (χ4n) is 2.13. The highest BCUT2D eigenvalue weighted by atomic mass is 35.5. The minimum atomic E-state index is 0.145. The zero-order chi connectivity index (χ0) is 12.4. The minimum Gasteiger partial charge on any atom is -0.299 e. The van der Waals surface area contributed by atoms with Gasteiger partial charge in [-0.25, -0.2) is 0 Å². The van der Waals surface area contributed by atoms with E-state index in [-0.39, 0.29) is 5.92 Å². The van der Waals surface area contributed by atoms with Crippen LogP contribution in [0.2, 0.25) is 10.0 Å². The molecule has 1 aliphatic rings. The molecule has 17 heavy (non-hydrogen) atoms. The van der Waals surface area contributed by atoms with Gasteiger partial charge < -0.3 is 0 Å². The van der Waals surface area contributed by atoms with Gasteiger partial charge in [0.15, 0.2) is 0 Å². The van der Waals surface area contributed by atoms with E-state index < -0.39 is 0 Å². The van der Waals surface area contributed by atoms with Crippen LogP contribution in [0.4, 0.5) is 0 Å². The molecule has 1 aliphatic heterocycles. The third-order valence-electron chi connectivity index (χ3n) is 3.15. The number of hydrogen-bond donors (Lipinski definition) is 0. The predicted octanol–water partition coefficient (Wildman–Crippen LogP) is 3.40. The van der Waals surface area contributed by atoms with Crippen molar-refractivity contribution < 1.29 is 4.79 Å². The highest BCUT2D eigenvalue weighted by Crippen LogP contribution is 2.24. The number of carbonyl (C=O) groups is 1. The van der Waals surface area contributed by atoms with Crippen molar-refractivity contribution in [3.63, 3.8) is 0 Å². The molecule has 92 valence electrons. The molecule has 1 fully saturated rings. The Balaban J connectivity index is 2.01. The fourth-order valence-corrected chi connectivity index (χ4v) is 2.46. The molecule has 2 nitrogen and oxygen atoms in total. The number of piperidine rings is 1. The number of carbonyl (C=O) groups excluding carboxylic acids is 1. The predicted molar refractivity (Wildman–Crippen MR) is 70.5 cm³/mol. The number of Topliss-reactive ketones (excluding diaryl/α,β-unsaturated/α-hetero) is 1. The van der Waals surface area contributed by atoms with Gasteiger partial charge in [0.2, 0.25) is 0 Å². The van der Waals surface area contributed by atoms with Crippen LogP contribution >= 0.6 is 23.2 Å². The minimum absolute atomic E-state index is 0.145. The van der Waals surface area contributed by atoms with E-state index >= 15 is 0 Å². The third kappa shape index (κ3) is 3.21. The Morgan fingerprint density at radius 2 is 2.12 bits per heavy atom. The van der Waals surface area contributed by atoms with E-state index in [1.54, 1.807) is 0 Å². The van der Waals surface area contributed by atoms with E-state index in [2.05, 4.69) is 4.90 Å². The molecule has 0 bridgehead atoms. The molecular formula is C13H15Cl2NO. The number of benzene rings is 1. The molecule has 1 aromatic carbocycles. The van der Waals surface area contributed by atoms with Gasteiger partial charge in [0.05, 0.1) is 10.0 Å². The molecule has 1 atom stereocenters. The second kappa shape index (κ2) is 5.38. The Morgan fingerprint density at radius 3 is 2.76 bits per heavy atom. The van der Waals surface area contributed by atoms with Gasteiger partial charge >= 0.3 is 0 Å². The summed E-state index contributed by atoms with van der Waals surface area (Å²) >= 11 is 11.9. The number of nitrogens with zero attached hydrogens (tertiary/aromatic N) is 1. The Bertz CT molecular complexity index is 433. The van der Waals surface area contributed by atoms with Crippen LogP contribution in [0.5, 0.6) is 0 Å². The van der Waals surface area contributed by atoms with Gasteiger partial charge in [-0.2, -0.15) is 0 Å². The topological polar surface area (TPSA) is 20.3 Å². The first kappa shape index (κ1) is 12.9. The lowest BCUT2D eigenvalue weighted by Crippen LogP contribution is -2.38. The molecule has 2 rings (SSSR count). The van der Waals surface area contributed by atoms with Crippen LogP contribution in [0.15, 0.2) is 18.2 Å². The monoisotopic (exact) mass is 271 g/mol. The van der Waals surface area contributed by atoms with Crippen molar-refractivity contribution >= 4 is 29.0 Å². The maximum Gasteiger partial charge on any atom is 0.138 e. The van der Waals surface area contributed by atoms with Crippen LogP contribution in [-0.4, -0.2) is 23.8 Å². The lowest BCUT2D eigenvalue weighted by molar-refractivity contribution is -0.125. The second-order valence-electron chi connectivity index (χ2n) is 4.60. The van der Waals surface area contributed by atoms with Gasteiger partial charge in [-0.3, -0.25) is 9.69 Å². The van der Waals surface area contributed by atoms with Crippen molar-refractivity contribution in [1.82, 2.24) is 4.90 Å². The third-order valence-corrected chi connectivity index (χ3v) is 3.89. The van der Waals surface area contributed by atoms with Gasteiger partial charge in [-0.1, -0.05) is 36.2 Å². The normalized spacial score (nSPS) is 21.8. The van der Waals surface area contributed by atoms with Crippen LogP contribution in [0, 0.1) is 5.92 Å². The van der Waals surface area contributed by atoms with Crippen LogP contribution in [0.1, 0.15) is 18.9 Å². The van der Waals surface area contributed by atoms with E-state index in [0.29, 0.717) is 22.2 Å². The molecule has 0 amide bonds. The highest BCUT2D eigenvalue weighted by Gasteiger charge is 2.23. The van der Waals surface area contributed by atoms with Crippen molar-refractivity contribution in [2.24, 2.45) is 5.92 Å². The number of ketones is 1. The quantitative estimate of drug-likeness (QED) is 0.822. The van der Waals surface area contributed by atoms with Gasteiger partial charge in [0.1, 0.15) is 5.78 Å². The van der Waals surface area contributed by atoms with Crippen molar-refractivity contribution in [2.45, 2.75) is 19.9 Å². The molecule has 1 heterocycles. The van der Waals surface area contributed by atoms with Crippen LogP contribution in [0.25, 0.3) is 0 Å². The van der Waals surface area contributed by atoms with E-state index in [0.717, 1.165) is 25.2 Å². The summed E-state index contributed by atoms with van der Waals surface area (Å²) in [6.07, 6.45) is 0.655. The van der Waals surface area contributed by atoms with Gasteiger partial charge in [-0.15, -0.1) is 0 Å². The zero-order valence-corrected chi connectivity index (χ0v) is 11.3. The van der Waals surface area contributed by atoms with E-state index in [1.807, 2.05) is 25.1 Å². The van der Waals surface area contributed by atoms with Crippen molar-refractivity contribution in [3.8, 4) is 0 Å².